The first kappa shape index (κ1) is 14.1. The minimum absolute atomic E-state index is 0.00218. The lowest BCUT2D eigenvalue weighted by Gasteiger charge is -2.41. The van der Waals surface area contributed by atoms with E-state index in [0.29, 0.717) is 32.5 Å². The van der Waals surface area contributed by atoms with E-state index in [9.17, 15) is 4.79 Å². The zero-order chi connectivity index (χ0) is 13.9. The zero-order valence-corrected chi connectivity index (χ0v) is 11.5. The van der Waals surface area contributed by atoms with Gasteiger partial charge in [0, 0.05) is 13.1 Å². The first-order valence-electron chi connectivity index (χ1n) is 6.99. The van der Waals surface area contributed by atoms with Gasteiger partial charge in [0.25, 0.3) is 0 Å². The molecule has 108 valence electrons. The van der Waals surface area contributed by atoms with Gasteiger partial charge in [-0.25, -0.2) is 0 Å². The van der Waals surface area contributed by atoms with Crippen LogP contribution in [0.3, 0.4) is 0 Å². The minimum atomic E-state index is -0.802. The van der Waals surface area contributed by atoms with E-state index in [2.05, 4.69) is 5.16 Å². The van der Waals surface area contributed by atoms with Crippen molar-refractivity contribution < 1.29 is 14.7 Å². The molecule has 3 N–H and O–H groups in total. The normalized spacial score (nSPS) is 28.2. The van der Waals surface area contributed by atoms with Crippen molar-refractivity contribution in [1.82, 2.24) is 4.90 Å². The second-order valence-electron chi connectivity index (χ2n) is 5.56. The Morgan fingerprint density at radius 1 is 1.42 bits per heavy atom. The highest BCUT2D eigenvalue weighted by atomic mass is 16.5. The molecule has 6 nitrogen and oxygen atoms in total. The van der Waals surface area contributed by atoms with Crippen LogP contribution in [0.2, 0.25) is 0 Å². The van der Waals surface area contributed by atoms with Crippen LogP contribution in [-0.2, 0) is 9.53 Å². The molecule has 1 amide bonds. The van der Waals surface area contributed by atoms with Crippen LogP contribution in [0.4, 0.5) is 0 Å². The van der Waals surface area contributed by atoms with Crippen molar-refractivity contribution in [3.05, 3.63) is 0 Å². The van der Waals surface area contributed by atoms with E-state index in [1.807, 2.05) is 6.92 Å². The first-order valence-corrected chi connectivity index (χ1v) is 6.99. The van der Waals surface area contributed by atoms with E-state index in [1.165, 1.54) is 0 Å². The molecule has 1 unspecified atom stereocenters. The maximum Gasteiger partial charge on any atom is 0.236 e. The van der Waals surface area contributed by atoms with Gasteiger partial charge in [-0.1, -0.05) is 24.4 Å². The van der Waals surface area contributed by atoms with E-state index >= 15 is 0 Å². The molecule has 0 bridgehead atoms. The van der Waals surface area contributed by atoms with Gasteiger partial charge in [0.1, 0.15) is 5.41 Å². The molecule has 6 heteroatoms. The van der Waals surface area contributed by atoms with E-state index in [-0.39, 0.29) is 17.8 Å². The number of rotatable bonds is 2. The Kier molecular flexibility index (Phi) is 4.29. The maximum absolute atomic E-state index is 12.8. The fraction of sp³-hybridized carbons (Fsp3) is 0.846. The molecule has 1 saturated carbocycles. The topological polar surface area (TPSA) is 88.2 Å². The summed E-state index contributed by atoms with van der Waals surface area (Å²) in [5, 5.41) is 12.2. The van der Waals surface area contributed by atoms with Crippen molar-refractivity contribution in [1.29, 1.82) is 0 Å². The molecule has 1 aliphatic heterocycles. The van der Waals surface area contributed by atoms with Crippen molar-refractivity contribution in [2.75, 3.05) is 19.7 Å². The Hall–Kier alpha value is -1.30. The molecule has 0 aromatic heterocycles. The summed E-state index contributed by atoms with van der Waals surface area (Å²) in [7, 11) is 0. The summed E-state index contributed by atoms with van der Waals surface area (Å²) in [4.78, 5) is 14.6. The van der Waals surface area contributed by atoms with Crippen LogP contribution in [0.25, 0.3) is 0 Å². The van der Waals surface area contributed by atoms with Gasteiger partial charge in [-0.3, -0.25) is 4.79 Å². The second kappa shape index (κ2) is 5.77. The van der Waals surface area contributed by atoms with Crippen LogP contribution in [-0.4, -0.2) is 47.7 Å². The molecule has 0 spiro atoms. The summed E-state index contributed by atoms with van der Waals surface area (Å²) < 4.78 is 5.46. The summed E-state index contributed by atoms with van der Waals surface area (Å²) in [6.45, 7) is 3.68. The predicted molar refractivity (Wildman–Crippen MR) is 70.9 cm³/mol. The zero-order valence-electron chi connectivity index (χ0n) is 11.5. The Bertz CT molecular complexity index is 364. The quantitative estimate of drug-likeness (QED) is 0.338. The largest absolute Gasteiger partial charge is 0.409 e. The average Bonchev–Trinajstić information content (AvgIpc) is 2.46. The van der Waals surface area contributed by atoms with Crippen molar-refractivity contribution >= 4 is 11.7 Å². The first-order chi connectivity index (χ1) is 9.10. The van der Waals surface area contributed by atoms with E-state index in [0.717, 1.165) is 19.3 Å². The molecule has 1 aliphatic carbocycles. The van der Waals surface area contributed by atoms with Crippen molar-refractivity contribution in [2.45, 2.75) is 45.1 Å². The number of nitrogens with zero attached hydrogens (tertiary/aromatic N) is 2. The Balaban J connectivity index is 2.20. The molecule has 2 rings (SSSR count). The summed E-state index contributed by atoms with van der Waals surface area (Å²) in [5.74, 6) is 0.0639. The number of oxime groups is 1. The molecule has 1 atom stereocenters. The van der Waals surface area contributed by atoms with Gasteiger partial charge in [-0.05, 0) is 19.8 Å². The number of amidine groups is 1. The highest BCUT2D eigenvalue weighted by Gasteiger charge is 2.46. The summed E-state index contributed by atoms with van der Waals surface area (Å²) in [6, 6.07) is 0. The van der Waals surface area contributed by atoms with Gasteiger partial charge in [0.05, 0.1) is 12.7 Å². The fourth-order valence-corrected chi connectivity index (χ4v) is 3.14. The molecule has 0 aromatic carbocycles. The lowest BCUT2D eigenvalue weighted by Crippen LogP contribution is -2.56. The molecule has 1 saturated heterocycles. The average molecular weight is 269 g/mol. The molecular weight excluding hydrogens is 246 g/mol. The van der Waals surface area contributed by atoms with Gasteiger partial charge in [0.2, 0.25) is 5.91 Å². The smallest absolute Gasteiger partial charge is 0.236 e. The highest BCUT2D eigenvalue weighted by Crippen LogP contribution is 2.38. The van der Waals surface area contributed by atoms with Crippen LogP contribution in [0.1, 0.15) is 39.0 Å². The number of carbonyl (C=O) groups excluding carboxylic acids is 1. The number of nitrogens with two attached hydrogens (primary N) is 1. The van der Waals surface area contributed by atoms with Crippen molar-refractivity contribution in [3.8, 4) is 0 Å². The van der Waals surface area contributed by atoms with Crippen LogP contribution in [0.15, 0.2) is 5.16 Å². The maximum atomic E-state index is 12.8. The summed E-state index contributed by atoms with van der Waals surface area (Å²) in [5.41, 5.74) is 5.04. The number of hydrogen-bond donors (Lipinski definition) is 2. The SMILES string of the molecule is CC1CN(C(=O)C2(C(N)=NO)CCCCC2)CCO1. The van der Waals surface area contributed by atoms with Crippen LogP contribution in [0.5, 0.6) is 0 Å². The number of morpholine rings is 1. The Labute approximate surface area is 113 Å². The third-order valence-corrected chi connectivity index (χ3v) is 4.24. The van der Waals surface area contributed by atoms with Gasteiger partial charge < -0.3 is 20.6 Å². The number of amides is 1. The predicted octanol–water partition coefficient (Wildman–Crippen LogP) is 0.931. The van der Waals surface area contributed by atoms with Crippen LogP contribution < -0.4 is 5.73 Å². The lowest BCUT2D eigenvalue weighted by molar-refractivity contribution is -0.147. The Morgan fingerprint density at radius 2 is 2.11 bits per heavy atom. The van der Waals surface area contributed by atoms with Gasteiger partial charge in [-0.15, -0.1) is 0 Å². The molecule has 2 aliphatic rings. The summed E-state index contributed by atoms with van der Waals surface area (Å²) in [6.07, 6.45) is 4.39. The molecule has 1 heterocycles. The number of hydrogen-bond acceptors (Lipinski definition) is 4. The third-order valence-electron chi connectivity index (χ3n) is 4.24. The number of ether oxygens (including phenoxy) is 1. The van der Waals surface area contributed by atoms with Gasteiger partial charge in [-0.2, -0.15) is 0 Å². The van der Waals surface area contributed by atoms with Crippen LogP contribution >= 0.6 is 0 Å². The lowest BCUT2D eigenvalue weighted by atomic mass is 9.72. The van der Waals surface area contributed by atoms with Gasteiger partial charge >= 0.3 is 0 Å². The van der Waals surface area contributed by atoms with E-state index in [1.54, 1.807) is 4.90 Å². The van der Waals surface area contributed by atoms with Crippen molar-refractivity contribution in [2.24, 2.45) is 16.3 Å². The van der Waals surface area contributed by atoms with Crippen molar-refractivity contribution in [3.63, 3.8) is 0 Å². The molecule has 0 radical (unpaired) electrons. The third kappa shape index (κ3) is 2.68. The second-order valence-corrected chi connectivity index (χ2v) is 5.56. The van der Waals surface area contributed by atoms with Gasteiger partial charge in [0.15, 0.2) is 5.84 Å². The highest BCUT2D eigenvalue weighted by molar-refractivity contribution is 6.06. The monoisotopic (exact) mass is 269 g/mol. The van der Waals surface area contributed by atoms with Crippen LogP contribution in [0, 0.1) is 5.41 Å². The Morgan fingerprint density at radius 3 is 2.68 bits per heavy atom. The minimum Gasteiger partial charge on any atom is -0.409 e. The number of carbonyl (C=O) groups is 1. The van der Waals surface area contributed by atoms with E-state index < -0.39 is 5.41 Å². The molecule has 2 fully saturated rings. The molecule has 0 aromatic rings. The fourth-order valence-electron chi connectivity index (χ4n) is 3.14. The molecule has 19 heavy (non-hydrogen) atoms. The summed E-state index contributed by atoms with van der Waals surface area (Å²) >= 11 is 0. The molecular formula is C13H23N3O3. The standard InChI is InChI=1S/C13H23N3O3/c1-10-9-16(7-8-19-10)12(17)13(11(14)15-18)5-3-2-4-6-13/h10,18H,2-9H2,1H3,(H2,14,15). The van der Waals surface area contributed by atoms with E-state index in [4.69, 9.17) is 15.7 Å².